The van der Waals surface area contributed by atoms with Gasteiger partial charge in [0.25, 0.3) is 0 Å². The number of esters is 1. The van der Waals surface area contributed by atoms with E-state index in [4.69, 9.17) is 9.57 Å². The predicted molar refractivity (Wildman–Crippen MR) is 104 cm³/mol. The molecule has 0 aromatic rings. The Balaban J connectivity index is 1.58. The molecule has 1 aliphatic heterocycles. The van der Waals surface area contributed by atoms with Crippen molar-refractivity contribution in [1.29, 1.82) is 0 Å². The molecule has 0 saturated heterocycles. The van der Waals surface area contributed by atoms with Crippen molar-refractivity contribution in [2.75, 3.05) is 7.11 Å². The molecule has 4 nitrogen and oxygen atoms in total. The second kappa shape index (κ2) is 5.30. The number of hydrogen-bond donors (Lipinski definition) is 0. The van der Waals surface area contributed by atoms with Gasteiger partial charge in [0.1, 0.15) is 6.10 Å². The zero-order valence-electron chi connectivity index (χ0n) is 17.6. The van der Waals surface area contributed by atoms with Gasteiger partial charge in [0.15, 0.2) is 0 Å². The molecule has 5 aliphatic rings. The van der Waals surface area contributed by atoms with Gasteiger partial charge in [-0.05, 0) is 80.5 Å². The first-order valence-electron chi connectivity index (χ1n) is 11.0. The number of rotatable bonds is 1. The molecule has 0 radical (unpaired) electrons. The standard InChI is InChI=1S/C23H35NO3/c1-20-10-6-11-22(3,19(25)26-5)14(20)9-12-21(2)15-7-8-17-23(15,4)18(27-24-17)13-16(20)21/h14-16,18H,6-13H2,1-5H3/t14?,15-,16+,18+,20-,21-,22-,23+/m0/s1. The van der Waals surface area contributed by atoms with Crippen LogP contribution in [0.3, 0.4) is 0 Å². The summed E-state index contributed by atoms with van der Waals surface area (Å²) >= 11 is 0. The third-order valence-corrected chi connectivity index (χ3v) is 10.4. The van der Waals surface area contributed by atoms with Crippen molar-refractivity contribution in [1.82, 2.24) is 0 Å². The molecule has 0 N–H and O–H groups in total. The van der Waals surface area contributed by atoms with Crippen LogP contribution in [0, 0.1) is 39.4 Å². The lowest BCUT2D eigenvalue weighted by Gasteiger charge is -2.67. The lowest BCUT2D eigenvalue weighted by atomic mass is 9.37. The molecule has 150 valence electrons. The Labute approximate surface area is 163 Å². The van der Waals surface area contributed by atoms with Crippen LogP contribution in [0.4, 0.5) is 0 Å². The summed E-state index contributed by atoms with van der Waals surface area (Å²) in [4.78, 5) is 18.9. The molecule has 1 unspecified atom stereocenters. The Morgan fingerprint density at radius 1 is 1.04 bits per heavy atom. The normalized spacial score (nSPS) is 55.7. The minimum atomic E-state index is -0.336. The van der Waals surface area contributed by atoms with Gasteiger partial charge in [0.05, 0.1) is 23.7 Å². The Kier molecular flexibility index (Phi) is 3.53. The number of hydrogen-bond acceptors (Lipinski definition) is 4. The third-order valence-electron chi connectivity index (χ3n) is 10.4. The smallest absolute Gasteiger partial charge is 0.311 e. The van der Waals surface area contributed by atoms with E-state index in [-0.39, 0.29) is 28.3 Å². The van der Waals surface area contributed by atoms with Crippen molar-refractivity contribution in [3.05, 3.63) is 0 Å². The molecule has 0 spiro atoms. The quantitative estimate of drug-likeness (QED) is 0.610. The molecule has 4 heteroatoms. The topological polar surface area (TPSA) is 47.9 Å². The molecule has 0 aromatic heterocycles. The van der Waals surface area contributed by atoms with Crippen LogP contribution in [-0.2, 0) is 14.4 Å². The zero-order valence-corrected chi connectivity index (χ0v) is 17.6. The Morgan fingerprint density at radius 2 is 1.78 bits per heavy atom. The van der Waals surface area contributed by atoms with Crippen molar-refractivity contribution in [3.8, 4) is 0 Å². The van der Waals surface area contributed by atoms with E-state index in [9.17, 15) is 4.79 Å². The van der Waals surface area contributed by atoms with Gasteiger partial charge in [-0.25, -0.2) is 0 Å². The Hall–Kier alpha value is -1.06. The van der Waals surface area contributed by atoms with Gasteiger partial charge in [-0.2, -0.15) is 0 Å². The molecular weight excluding hydrogens is 338 g/mol. The second-order valence-electron chi connectivity index (χ2n) is 11.2. The van der Waals surface area contributed by atoms with E-state index in [0.29, 0.717) is 23.2 Å². The fraction of sp³-hybridized carbons (Fsp3) is 0.913. The monoisotopic (exact) mass is 373 g/mol. The zero-order chi connectivity index (χ0) is 19.2. The molecule has 5 rings (SSSR count). The van der Waals surface area contributed by atoms with Crippen molar-refractivity contribution in [2.45, 2.75) is 85.2 Å². The lowest BCUT2D eigenvalue weighted by molar-refractivity contribution is -0.215. The van der Waals surface area contributed by atoms with Crippen molar-refractivity contribution in [2.24, 2.45) is 44.6 Å². The number of oxime groups is 1. The summed E-state index contributed by atoms with van der Waals surface area (Å²) in [5.74, 6) is 1.69. The maximum Gasteiger partial charge on any atom is 0.311 e. The van der Waals surface area contributed by atoms with Crippen LogP contribution in [0.5, 0.6) is 0 Å². The van der Waals surface area contributed by atoms with E-state index < -0.39 is 0 Å². The molecule has 4 saturated carbocycles. The third kappa shape index (κ3) is 1.91. The minimum Gasteiger partial charge on any atom is -0.469 e. The molecule has 1 heterocycles. The summed E-state index contributed by atoms with van der Waals surface area (Å²) in [5.41, 5.74) is 1.65. The van der Waals surface area contributed by atoms with Crippen LogP contribution in [0.1, 0.15) is 79.1 Å². The highest BCUT2D eigenvalue weighted by Crippen LogP contribution is 2.73. The van der Waals surface area contributed by atoms with Gasteiger partial charge >= 0.3 is 5.97 Å². The van der Waals surface area contributed by atoms with E-state index in [2.05, 4.69) is 32.9 Å². The molecule has 0 aromatic carbocycles. The largest absolute Gasteiger partial charge is 0.469 e. The van der Waals surface area contributed by atoms with Crippen molar-refractivity contribution >= 4 is 11.7 Å². The van der Waals surface area contributed by atoms with Crippen molar-refractivity contribution in [3.63, 3.8) is 0 Å². The Bertz CT molecular complexity index is 718. The number of methoxy groups -OCH3 is 1. The molecule has 0 bridgehead atoms. The number of nitrogens with zero attached hydrogens (tertiary/aromatic N) is 1. The van der Waals surface area contributed by atoms with Crippen LogP contribution in [0.25, 0.3) is 0 Å². The van der Waals surface area contributed by atoms with Crippen molar-refractivity contribution < 1.29 is 14.4 Å². The second-order valence-corrected chi connectivity index (χ2v) is 11.2. The SMILES string of the molecule is COC(=O)[C@@]1(C)CCC[C@@]2(C)C1CC[C@@]1(C)[C@@H]3CCC4=NO[C@H](C[C@@H]12)[C@@]43C. The molecule has 0 amide bonds. The van der Waals surface area contributed by atoms with Crippen LogP contribution in [-0.4, -0.2) is 24.9 Å². The highest BCUT2D eigenvalue weighted by Gasteiger charge is 2.71. The first-order chi connectivity index (χ1) is 12.7. The highest BCUT2D eigenvalue weighted by molar-refractivity contribution is 5.93. The molecule has 8 atom stereocenters. The fourth-order valence-electron chi connectivity index (χ4n) is 9.15. The number of carbonyl (C=O) groups is 1. The van der Waals surface area contributed by atoms with Crippen LogP contribution in [0.2, 0.25) is 0 Å². The van der Waals surface area contributed by atoms with E-state index in [1.165, 1.54) is 25.0 Å². The fourth-order valence-corrected chi connectivity index (χ4v) is 9.15. The van der Waals surface area contributed by atoms with Gasteiger partial charge in [0, 0.05) is 0 Å². The Morgan fingerprint density at radius 3 is 2.52 bits per heavy atom. The average molecular weight is 374 g/mol. The first kappa shape index (κ1) is 18.0. The predicted octanol–water partition coefficient (Wildman–Crippen LogP) is 4.96. The number of ether oxygens (including phenoxy) is 1. The summed E-state index contributed by atoms with van der Waals surface area (Å²) < 4.78 is 5.30. The first-order valence-corrected chi connectivity index (χ1v) is 11.0. The van der Waals surface area contributed by atoms with E-state index in [0.717, 1.165) is 32.1 Å². The summed E-state index contributed by atoms with van der Waals surface area (Å²) in [6.45, 7) is 9.67. The maximum absolute atomic E-state index is 12.8. The van der Waals surface area contributed by atoms with Crippen LogP contribution in [0.15, 0.2) is 5.16 Å². The highest BCUT2D eigenvalue weighted by atomic mass is 16.6. The van der Waals surface area contributed by atoms with Gasteiger partial charge < -0.3 is 9.57 Å². The van der Waals surface area contributed by atoms with Gasteiger partial charge in [-0.15, -0.1) is 0 Å². The summed E-state index contributed by atoms with van der Waals surface area (Å²) in [6, 6.07) is 0. The summed E-state index contributed by atoms with van der Waals surface area (Å²) in [7, 11) is 1.56. The minimum absolute atomic E-state index is 0.00581. The van der Waals surface area contributed by atoms with Crippen LogP contribution < -0.4 is 0 Å². The average Bonchev–Trinajstić information content (AvgIpc) is 3.13. The van der Waals surface area contributed by atoms with E-state index in [1.54, 1.807) is 7.11 Å². The molecule has 27 heavy (non-hydrogen) atoms. The summed E-state index contributed by atoms with van der Waals surface area (Å²) in [5, 5.41) is 4.54. The van der Waals surface area contributed by atoms with Crippen LogP contribution >= 0.6 is 0 Å². The molecule has 4 fully saturated rings. The lowest BCUT2D eigenvalue weighted by Crippen LogP contribution is -2.64. The maximum atomic E-state index is 12.8. The summed E-state index contributed by atoms with van der Waals surface area (Å²) in [6.07, 6.45) is 9.41. The van der Waals surface area contributed by atoms with E-state index >= 15 is 0 Å². The van der Waals surface area contributed by atoms with Gasteiger partial charge in [-0.1, -0.05) is 32.3 Å². The number of carbonyl (C=O) groups excluding carboxylic acids is 1. The number of fused-ring (bicyclic) bond motifs is 4. The molecular formula is C23H35NO3. The van der Waals surface area contributed by atoms with E-state index in [1.807, 2.05) is 0 Å². The molecule has 4 aliphatic carbocycles. The van der Waals surface area contributed by atoms with Gasteiger partial charge in [0.2, 0.25) is 0 Å². The van der Waals surface area contributed by atoms with Gasteiger partial charge in [-0.3, -0.25) is 4.79 Å².